The van der Waals surface area contributed by atoms with E-state index in [0.717, 1.165) is 54.9 Å². The molecule has 0 atom stereocenters. The number of amides is 1. The van der Waals surface area contributed by atoms with Crippen molar-refractivity contribution in [3.63, 3.8) is 0 Å². The molecular weight excluding hydrogens is 411 g/mol. The maximum atomic E-state index is 13.3. The van der Waals surface area contributed by atoms with Crippen molar-refractivity contribution in [3.05, 3.63) is 76.9 Å². The third-order valence-electron chi connectivity index (χ3n) is 5.98. The van der Waals surface area contributed by atoms with Crippen LogP contribution < -0.4 is 10.2 Å². The summed E-state index contributed by atoms with van der Waals surface area (Å²) in [5.74, 6) is 1.91. The Bertz CT molecular complexity index is 1070. The number of nitrogens with one attached hydrogen (secondary N) is 1. The Morgan fingerprint density at radius 3 is 2.45 bits per heavy atom. The third-order valence-corrected chi connectivity index (χ3v) is 6.92. The summed E-state index contributed by atoms with van der Waals surface area (Å²) < 4.78 is 15.1. The molecule has 1 amide bonds. The van der Waals surface area contributed by atoms with E-state index in [-0.39, 0.29) is 11.7 Å². The van der Waals surface area contributed by atoms with E-state index in [1.807, 2.05) is 11.8 Å². The standard InChI is InChI=1S/C24H25FN4OS/c25-18-6-10-20(11-7-18)29-22-3-1-2-21(22)23(27-29)24(30)26-16-17-4-8-19(9-5-17)28-12-14-31-15-13-28/h4-11H,1-3,12-16H2,(H,26,30). The highest BCUT2D eigenvalue weighted by molar-refractivity contribution is 7.99. The third kappa shape index (κ3) is 4.19. The molecule has 31 heavy (non-hydrogen) atoms. The van der Waals surface area contributed by atoms with Gasteiger partial charge in [0.1, 0.15) is 5.82 Å². The Morgan fingerprint density at radius 1 is 1.00 bits per heavy atom. The van der Waals surface area contributed by atoms with Gasteiger partial charge in [0.05, 0.1) is 5.69 Å². The van der Waals surface area contributed by atoms with Gasteiger partial charge < -0.3 is 10.2 Å². The Balaban J connectivity index is 1.29. The van der Waals surface area contributed by atoms with Crippen molar-refractivity contribution in [1.82, 2.24) is 15.1 Å². The number of aromatic nitrogens is 2. The number of rotatable bonds is 5. The van der Waals surface area contributed by atoms with Gasteiger partial charge in [0.2, 0.25) is 0 Å². The number of hydrogen-bond donors (Lipinski definition) is 1. The summed E-state index contributed by atoms with van der Waals surface area (Å²) in [6.07, 6.45) is 2.73. The normalized spacial score (nSPS) is 15.7. The van der Waals surface area contributed by atoms with Crippen molar-refractivity contribution in [3.8, 4) is 5.69 Å². The predicted octanol–water partition coefficient (Wildman–Crippen LogP) is 3.98. The van der Waals surface area contributed by atoms with Crippen molar-refractivity contribution in [1.29, 1.82) is 0 Å². The van der Waals surface area contributed by atoms with E-state index in [4.69, 9.17) is 0 Å². The first-order chi connectivity index (χ1) is 15.2. The van der Waals surface area contributed by atoms with E-state index in [0.29, 0.717) is 12.2 Å². The monoisotopic (exact) mass is 436 g/mol. The SMILES string of the molecule is O=C(NCc1ccc(N2CCSCC2)cc1)c1nn(-c2ccc(F)cc2)c2c1CCC2. The lowest BCUT2D eigenvalue weighted by Gasteiger charge is -2.28. The fourth-order valence-electron chi connectivity index (χ4n) is 4.33. The van der Waals surface area contributed by atoms with Crippen LogP contribution in [0.15, 0.2) is 48.5 Å². The molecule has 2 aromatic carbocycles. The van der Waals surface area contributed by atoms with Gasteiger partial charge in [0.15, 0.2) is 5.69 Å². The summed E-state index contributed by atoms with van der Waals surface area (Å²) in [4.78, 5) is 15.3. The molecule has 1 aliphatic heterocycles. The zero-order chi connectivity index (χ0) is 21.2. The average molecular weight is 437 g/mol. The first-order valence-electron chi connectivity index (χ1n) is 10.8. The summed E-state index contributed by atoms with van der Waals surface area (Å²) in [6, 6.07) is 14.7. The molecule has 160 valence electrons. The maximum absolute atomic E-state index is 13.3. The van der Waals surface area contributed by atoms with Gasteiger partial charge in [-0.3, -0.25) is 4.79 Å². The van der Waals surface area contributed by atoms with Crippen LogP contribution in [-0.4, -0.2) is 40.3 Å². The molecule has 1 N–H and O–H groups in total. The molecule has 2 aliphatic rings. The van der Waals surface area contributed by atoms with Crippen molar-refractivity contribution in [2.75, 3.05) is 29.5 Å². The van der Waals surface area contributed by atoms with Crippen molar-refractivity contribution >= 4 is 23.4 Å². The van der Waals surface area contributed by atoms with E-state index in [1.54, 1.807) is 16.8 Å². The van der Waals surface area contributed by atoms with Crippen LogP contribution in [0.25, 0.3) is 5.69 Å². The molecule has 0 radical (unpaired) electrons. The van der Waals surface area contributed by atoms with Crippen LogP contribution in [0, 0.1) is 5.82 Å². The van der Waals surface area contributed by atoms with Crippen molar-refractivity contribution < 1.29 is 9.18 Å². The summed E-state index contributed by atoms with van der Waals surface area (Å²) in [5, 5.41) is 7.62. The molecule has 5 rings (SSSR count). The molecule has 0 spiro atoms. The largest absolute Gasteiger partial charge is 0.370 e. The average Bonchev–Trinajstić information content (AvgIpc) is 3.42. The molecule has 7 heteroatoms. The van der Waals surface area contributed by atoms with Crippen LogP contribution in [0.1, 0.15) is 33.7 Å². The Hall–Kier alpha value is -2.80. The molecule has 2 heterocycles. The van der Waals surface area contributed by atoms with Gasteiger partial charge in [-0.15, -0.1) is 0 Å². The number of thioether (sulfide) groups is 1. The van der Waals surface area contributed by atoms with Gasteiger partial charge in [0.25, 0.3) is 5.91 Å². The van der Waals surface area contributed by atoms with E-state index in [2.05, 4.69) is 39.6 Å². The Labute approximate surface area is 185 Å². The fraction of sp³-hybridized carbons (Fsp3) is 0.333. The lowest BCUT2D eigenvalue weighted by molar-refractivity contribution is 0.0944. The van der Waals surface area contributed by atoms with Crippen LogP contribution in [0.4, 0.5) is 10.1 Å². The molecule has 1 saturated heterocycles. The second kappa shape index (κ2) is 8.75. The molecule has 0 saturated carbocycles. The number of anilines is 1. The smallest absolute Gasteiger partial charge is 0.272 e. The van der Waals surface area contributed by atoms with Crippen LogP contribution in [-0.2, 0) is 19.4 Å². The van der Waals surface area contributed by atoms with Gasteiger partial charge in [-0.25, -0.2) is 9.07 Å². The number of nitrogens with zero attached hydrogens (tertiary/aromatic N) is 3. The number of carbonyl (C=O) groups is 1. The van der Waals surface area contributed by atoms with Crippen LogP contribution >= 0.6 is 11.8 Å². The predicted molar refractivity (Wildman–Crippen MR) is 123 cm³/mol. The molecular formula is C24H25FN4OS. The second-order valence-electron chi connectivity index (χ2n) is 7.96. The van der Waals surface area contributed by atoms with Crippen molar-refractivity contribution in [2.45, 2.75) is 25.8 Å². The molecule has 1 aromatic heterocycles. The number of halogens is 1. The summed E-state index contributed by atoms with van der Waals surface area (Å²) >= 11 is 2.00. The first-order valence-corrected chi connectivity index (χ1v) is 11.9. The number of fused-ring (bicyclic) bond motifs is 1. The molecule has 5 nitrogen and oxygen atoms in total. The summed E-state index contributed by atoms with van der Waals surface area (Å²) in [7, 11) is 0. The minimum absolute atomic E-state index is 0.156. The first kappa shape index (κ1) is 20.1. The lowest BCUT2D eigenvalue weighted by atomic mass is 10.1. The van der Waals surface area contributed by atoms with Crippen LogP contribution in [0.3, 0.4) is 0 Å². The highest BCUT2D eigenvalue weighted by atomic mass is 32.2. The minimum atomic E-state index is -0.282. The molecule has 0 bridgehead atoms. The Morgan fingerprint density at radius 2 is 1.71 bits per heavy atom. The highest BCUT2D eigenvalue weighted by Crippen LogP contribution is 2.28. The van der Waals surface area contributed by atoms with Gasteiger partial charge in [-0.2, -0.15) is 16.9 Å². The molecule has 1 aliphatic carbocycles. The molecule has 0 unspecified atom stereocenters. The molecule has 1 fully saturated rings. The van der Waals surface area contributed by atoms with E-state index in [9.17, 15) is 9.18 Å². The lowest BCUT2D eigenvalue weighted by Crippen LogP contribution is -2.32. The van der Waals surface area contributed by atoms with Crippen LogP contribution in [0.5, 0.6) is 0 Å². The van der Waals surface area contributed by atoms with Crippen molar-refractivity contribution in [2.24, 2.45) is 0 Å². The van der Waals surface area contributed by atoms with E-state index >= 15 is 0 Å². The number of carbonyl (C=O) groups excluding carboxylic acids is 1. The summed E-state index contributed by atoms with van der Waals surface area (Å²) in [6.45, 7) is 2.64. The quantitative estimate of drug-likeness (QED) is 0.657. The fourth-order valence-corrected chi connectivity index (χ4v) is 5.23. The summed E-state index contributed by atoms with van der Waals surface area (Å²) in [5.41, 5.74) is 5.65. The van der Waals surface area contributed by atoms with Gasteiger partial charge >= 0.3 is 0 Å². The highest BCUT2D eigenvalue weighted by Gasteiger charge is 2.26. The molecule has 3 aromatic rings. The number of benzene rings is 2. The topological polar surface area (TPSA) is 50.2 Å². The Kier molecular flexibility index (Phi) is 5.68. The second-order valence-corrected chi connectivity index (χ2v) is 9.19. The van der Waals surface area contributed by atoms with Gasteiger partial charge in [-0.1, -0.05) is 12.1 Å². The maximum Gasteiger partial charge on any atom is 0.272 e. The zero-order valence-electron chi connectivity index (χ0n) is 17.3. The van der Waals surface area contributed by atoms with Gasteiger partial charge in [-0.05, 0) is 61.2 Å². The number of hydrogen-bond acceptors (Lipinski definition) is 4. The van der Waals surface area contributed by atoms with E-state index < -0.39 is 0 Å². The van der Waals surface area contributed by atoms with Gasteiger partial charge in [0, 0.05) is 48.1 Å². The zero-order valence-corrected chi connectivity index (χ0v) is 18.1. The minimum Gasteiger partial charge on any atom is -0.370 e. The van der Waals surface area contributed by atoms with Crippen LogP contribution in [0.2, 0.25) is 0 Å². The van der Waals surface area contributed by atoms with E-state index in [1.165, 1.54) is 29.3 Å².